The minimum Gasteiger partial charge on any atom is -0.325 e. The van der Waals surface area contributed by atoms with Crippen LogP contribution in [-0.2, 0) is 4.79 Å². The van der Waals surface area contributed by atoms with E-state index < -0.39 is 0 Å². The number of nitrogens with one attached hydrogen (secondary N) is 1. The first-order chi connectivity index (χ1) is 11.5. The minimum absolute atomic E-state index is 0.0383. The molecule has 4 nitrogen and oxygen atoms in total. The maximum atomic E-state index is 12.5. The number of carbonyl (C=O) groups is 1. The van der Waals surface area contributed by atoms with Crippen molar-refractivity contribution >= 4 is 34.4 Å². The Kier molecular flexibility index (Phi) is 4.81. The SMILES string of the molecule is Cc1ccc(C)c(NC(=O)[C@H](C)Sc2cnc3ccccc3n2)c1. The highest BCUT2D eigenvalue weighted by atomic mass is 32.2. The maximum Gasteiger partial charge on any atom is 0.237 e. The van der Waals surface area contributed by atoms with E-state index in [0.717, 1.165) is 32.9 Å². The number of amides is 1. The first-order valence-corrected chi connectivity index (χ1v) is 8.67. The van der Waals surface area contributed by atoms with Crippen molar-refractivity contribution in [2.45, 2.75) is 31.0 Å². The van der Waals surface area contributed by atoms with Crippen LogP contribution in [0.5, 0.6) is 0 Å². The number of thioether (sulfide) groups is 1. The Morgan fingerprint density at radius 3 is 2.67 bits per heavy atom. The van der Waals surface area contributed by atoms with Crippen LogP contribution in [-0.4, -0.2) is 21.1 Å². The molecule has 0 aliphatic heterocycles. The molecular weight excluding hydrogens is 318 g/mol. The van der Waals surface area contributed by atoms with Crippen molar-refractivity contribution in [3.05, 3.63) is 59.8 Å². The van der Waals surface area contributed by atoms with Gasteiger partial charge in [-0.15, -0.1) is 0 Å². The van der Waals surface area contributed by atoms with E-state index in [9.17, 15) is 4.79 Å². The topological polar surface area (TPSA) is 54.9 Å². The molecule has 122 valence electrons. The fourth-order valence-electron chi connectivity index (χ4n) is 2.34. The van der Waals surface area contributed by atoms with Crippen molar-refractivity contribution in [2.75, 3.05) is 5.32 Å². The summed E-state index contributed by atoms with van der Waals surface area (Å²) in [5.41, 5.74) is 4.73. The standard InChI is InChI=1S/C19H19N3OS/c1-12-8-9-13(2)17(10-12)22-19(23)14(3)24-18-11-20-15-6-4-5-7-16(15)21-18/h4-11,14H,1-3H3,(H,22,23)/t14-/m0/s1. The summed E-state index contributed by atoms with van der Waals surface area (Å²) in [6.07, 6.45) is 1.72. The van der Waals surface area contributed by atoms with Gasteiger partial charge in [0.15, 0.2) is 0 Å². The lowest BCUT2D eigenvalue weighted by atomic mass is 10.1. The summed E-state index contributed by atoms with van der Waals surface area (Å²) >= 11 is 1.41. The van der Waals surface area contributed by atoms with Gasteiger partial charge in [0.1, 0.15) is 5.03 Å². The fourth-order valence-corrected chi connectivity index (χ4v) is 3.13. The smallest absolute Gasteiger partial charge is 0.237 e. The van der Waals surface area contributed by atoms with Gasteiger partial charge in [0.05, 0.1) is 22.5 Å². The summed E-state index contributed by atoms with van der Waals surface area (Å²) in [6, 6.07) is 13.7. The Bertz CT molecular complexity index is 895. The van der Waals surface area contributed by atoms with Gasteiger partial charge in [-0.1, -0.05) is 36.0 Å². The zero-order chi connectivity index (χ0) is 17.1. The molecule has 0 fully saturated rings. The largest absolute Gasteiger partial charge is 0.325 e. The third-order valence-electron chi connectivity index (χ3n) is 3.74. The Morgan fingerprint density at radius 2 is 1.88 bits per heavy atom. The molecule has 2 aromatic carbocycles. The summed E-state index contributed by atoms with van der Waals surface area (Å²) in [5, 5.41) is 3.48. The molecule has 1 aromatic heterocycles. The van der Waals surface area contributed by atoms with Crippen LogP contribution in [0.1, 0.15) is 18.1 Å². The first-order valence-electron chi connectivity index (χ1n) is 7.79. The number of hydrogen-bond acceptors (Lipinski definition) is 4. The summed E-state index contributed by atoms with van der Waals surface area (Å²) < 4.78 is 0. The van der Waals surface area contributed by atoms with E-state index in [4.69, 9.17) is 0 Å². The number of carbonyl (C=O) groups excluding carboxylic acids is 1. The monoisotopic (exact) mass is 337 g/mol. The fraction of sp³-hybridized carbons (Fsp3) is 0.211. The van der Waals surface area contributed by atoms with E-state index in [1.165, 1.54) is 11.8 Å². The van der Waals surface area contributed by atoms with Crippen molar-refractivity contribution in [1.82, 2.24) is 9.97 Å². The van der Waals surface area contributed by atoms with Crippen LogP contribution in [0, 0.1) is 13.8 Å². The van der Waals surface area contributed by atoms with Gasteiger partial charge in [-0.3, -0.25) is 9.78 Å². The number of benzene rings is 2. The summed E-state index contributed by atoms with van der Waals surface area (Å²) in [7, 11) is 0. The summed E-state index contributed by atoms with van der Waals surface area (Å²) in [5.74, 6) is -0.0383. The molecule has 0 aliphatic carbocycles. The molecule has 3 aromatic rings. The number of fused-ring (bicyclic) bond motifs is 1. The molecule has 0 unspecified atom stereocenters. The molecule has 0 bridgehead atoms. The van der Waals surface area contributed by atoms with Crippen molar-refractivity contribution in [3.8, 4) is 0 Å². The lowest BCUT2D eigenvalue weighted by Gasteiger charge is -2.13. The Morgan fingerprint density at radius 1 is 1.12 bits per heavy atom. The number of para-hydroxylation sites is 2. The Balaban J connectivity index is 1.72. The summed E-state index contributed by atoms with van der Waals surface area (Å²) in [6.45, 7) is 5.88. The molecule has 1 atom stereocenters. The van der Waals surface area contributed by atoms with Crippen LogP contribution in [0.4, 0.5) is 5.69 Å². The molecule has 0 saturated heterocycles. The molecule has 3 rings (SSSR count). The van der Waals surface area contributed by atoms with Crippen LogP contribution in [0.15, 0.2) is 53.7 Å². The molecule has 1 N–H and O–H groups in total. The van der Waals surface area contributed by atoms with E-state index in [2.05, 4.69) is 15.3 Å². The molecule has 0 spiro atoms. The average Bonchev–Trinajstić information content (AvgIpc) is 2.58. The van der Waals surface area contributed by atoms with E-state index in [1.54, 1.807) is 6.20 Å². The second-order valence-electron chi connectivity index (χ2n) is 5.76. The predicted octanol–water partition coefficient (Wildman–Crippen LogP) is 4.37. The minimum atomic E-state index is -0.264. The molecule has 0 aliphatic rings. The van der Waals surface area contributed by atoms with Crippen molar-refractivity contribution in [3.63, 3.8) is 0 Å². The highest BCUT2D eigenvalue weighted by Crippen LogP contribution is 2.24. The maximum absolute atomic E-state index is 12.5. The van der Waals surface area contributed by atoms with Crippen LogP contribution in [0.25, 0.3) is 11.0 Å². The van der Waals surface area contributed by atoms with Crippen molar-refractivity contribution in [1.29, 1.82) is 0 Å². The van der Waals surface area contributed by atoms with Gasteiger partial charge in [0, 0.05) is 5.69 Å². The number of hydrogen-bond donors (Lipinski definition) is 1. The molecule has 1 heterocycles. The van der Waals surface area contributed by atoms with Gasteiger partial charge >= 0.3 is 0 Å². The third-order valence-corrected chi connectivity index (χ3v) is 4.75. The third kappa shape index (κ3) is 3.74. The highest BCUT2D eigenvalue weighted by molar-refractivity contribution is 8.00. The first kappa shape index (κ1) is 16.5. The van der Waals surface area contributed by atoms with Gasteiger partial charge in [-0.2, -0.15) is 0 Å². The molecule has 0 radical (unpaired) electrons. The Hall–Kier alpha value is -2.40. The average molecular weight is 337 g/mol. The molecule has 1 amide bonds. The van der Waals surface area contributed by atoms with E-state index in [-0.39, 0.29) is 11.2 Å². The van der Waals surface area contributed by atoms with Crippen molar-refractivity contribution in [2.24, 2.45) is 0 Å². The second-order valence-corrected chi connectivity index (χ2v) is 7.13. The van der Waals surface area contributed by atoms with Gasteiger partial charge in [0.25, 0.3) is 0 Å². The van der Waals surface area contributed by atoms with Crippen LogP contribution in [0.2, 0.25) is 0 Å². The second kappa shape index (κ2) is 7.01. The lowest BCUT2D eigenvalue weighted by Crippen LogP contribution is -2.23. The highest BCUT2D eigenvalue weighted by Gasteiger charge is 2.16. The van der Waals surface area contributed by atoms with Gasteiger partial charge in [-0.05, 0) is 50.1 Å². The molecule has 0 saturated carbocycles. The van der Waals surface area contributed by atoms with Crippen LogP contribution < -0.4 is 5.32 Å². The van der Waals surface area contributed by atoms with Crippen LogP contribution in [0.3, 0.4) is 0 Å². The van der Waals surface area contributed by atoms with Gasteiger partial charge < -0.3 is 5.32 Å². The zero-order valence-electron chi connectivity index (χ0n) is 13.9. The van der Waals surface area contributed by atoms with E-state index in [1.807, 2.05) is 63.2 Å². The number of aromatic nitrogens is 2. The zero-order valence-corrected chi connectivity index (χ0v) is 14.7. The van der Waals surface area contributed by atoms with Crippen molar-refractivity contribution < 1.29 is 4.79 Å². The molecular formula is C19H19N3OS. The summed E-state index contributed by atoms with van der Waals surface area (Å²) in [4.78, 5) is 21.4. The predicted molar refractivity (Wildman–Crippen MR) is 99.4 cm³/mol. The number of nitrogens with zero attached hydrogens (tertiary/aromatic N) is 2. The molecule has 5 heteroatoms. The quantitative estimate of drug-likeness (QED) is 0.719. The number of aryl methyl sites for hydroxylation is 2. The molecule has 24 heavy (non-hydrogen) atoms. The van der Waals surface area contributed by atoms with Gasteiger partial charge in [0.2, 0.25) is 5.91 Å². The van der Waals surface area contributed by atoms with E-state index in [0.29, 0.717) is 0 Å². The van der Waals surface area contributed by atoms with E-state index >= 15 is 0 Å². The normalized spacial score (nSPS) is 12.1. The van der Waals surface area contributed by atoms with Crippen LogP contribution >= 0.6 is 11.8 Å². The van der Waals surface area contributed by atoms with Gasteiger partial charge in [-0.25, -0.2) is 4.98 Å². The Labute approximate surface area is 145 Å². The lowest BCUT2D eigenvalue weighted by molar-refractivity contribution is -0.115. The number of rotatable bonds is 4. The number of anilines is 1.